The van der Waals surface area contributed by atoms with Crippen molar-refractivity contribution < 1.29 is 28.2 Å². The molecule has 2 N–H and O–H groups in total. The molecule has 0 radical (unpaired) electrons. The van der Waals surface area contributed by atoms with Crippen LogP contribution in [-0.2, 0) is 9.59 Å². The van der Waals surface area contributed by atoms with E-state index >= 15 is 0 Å². The summed E-state index contributed by atoms with van der Waals surface area (Å²) in [6.07, 6.45) is 2.43. The highest BCUT2D eigenvalue weighted by molar-refractivity contribution is 6.17. The van der Waals surface area contributed by atoms with Crippen LogP contribution in [0.15, 0.2) is 72.9 Å². The van der Waals surface area contributed by atoms with E-state index in [0.717, 1.165) is 0 Å². The van der Waals surface area contributed by atoms with Gasteiger partial charge >= 0.3 is 0 Å². The van der Waals surface area contributed by atoms with Gasteiger partial charge in [0.2, 0.25) is 11.8 Å². The topological polar surface area (TPSA) is 98.8 Å². The van der Waals surface area contributed by atoms with Crippen LogP contribution in [0.5, 0.6) is 23.0 Å². The van der Waals surface area contributed by atoms with Crippen molar-refractivity contribution in [3.63, 3.8) is 0 Å². The second-order valence-electron chi connectivity index (χ2n) is 8.63. The molecule has 1 aromatic heterocycles. The number of methoxy groups -OCH3 is 2. The molecule has 0 aliphatic heterocycles. The summed E-state index contributed by atoms with van der Waals surface area (Å²) in [5.74, 6) is 0.687. The number of benzene rings is 3. The second-order valence-corrected chi connectivity index (χ2v) is 8.63. The van der Waals surface area contributed by atoms with E-state index in [1.165, 1.54) is 24.3 Å². The Morgan fingerprint density at radius 2 is 1.51 bits per heavy atom. The van der Waals surface area contributed by atoms with Crippen molar-refractivity contribution in [2.45, 2.75) is 12.8 Å². The number of aromatic nitrogens is 1. The van der Waals surface area contributed by atoms with E-state index in [4.69, 9.17) is 14.2 Å². The minimum Gasteiger partial charge on any atom is -0.493 e. The van der Waals surface area contributed by atoms with E-state index < -0.39 is 23.0 Å². The Morgan fingerprint density at radius 1 is 0.838 bits per heavy atom. The number of amides is 2. The number of fused-ring (bicyclic) bond motifs is 1. The van der Waals surface area contributed by atoms with Gasteiger partial charge in [0.05, 0.1) is 25.4 Å². The number of carbonyl (C=O) groups excluding carboxylic acids is 2. The second kappa shape index (κ2) is 9.77. The normalized spacial score (nSPS) is 13.5. The highest BCUT2D eigenvalue weighted by Crippen LogP contribution is 2.48. The standard InChI is InChI=1S/C28H24FN3O5/c1-35-24-15-19-21(16-25(24)36-2)30-14-11-22(19)37-23-6-4-3-5-20(23)32-27(34)28(12-13-28)26(33)31-18-9-7-17(29)8-10-18/h3-11,14-16H,12-13H2,1-2H3,(H,31,33)(H,32,34). The first-order valence-corrected chi connectivity index (χ1v) is 11.6. The summed E-state index contributed by atoms with van der Waals surface area (Å²) in [6.45, 7) is 0. The fourth-order valence-electron chi connectivity index (χ4n) is 4.02. The van der Waals surface area contributed by atoms with E-state index in [0.29, 0.717) is 58.1 Å². The van der Waals surface area contributed by atoms with E-state index in [-0.39, 0.29) is 0 Å². The van der Waals surface area contributed by atoms with Gasteiger partial charge in [0.1, 0.15) is 17.0 Å². The number of pyridine rings is 1. The summed E-state index contributed by atoms with van der Waals surface area (Å²) in [7, 11) is 3.10. The number of para-hydroxylation sites is 2. The lowest BCUT2D eigenvalue weighted by Gasteiger charge is -2.18. The molecule has 188 valence electrons. The molecule has 5 rings (SSSR count). The van der Waals surface area contributed by atoms with E-state index in [1.54, 1.807) is 62.9 Å². The molecule has 1 aliphatic rings. The fraction of sp³-hybridized carbons (Fsp3) is 0.179. The maximum Gasteiger partial charge on any atom is 0.240 e. The lowest BCUT2D eigenvalue weighted by Crippen LogP contribution is -2.35. The molecule has 8 nitrogen and oxygen atoms in total. The molecule has 0 saturated heterocycles. The number of carbonyl (C=O) groups is 2. The predicted molar refractivity (Wildman–Crippen MR) is 137 cm³/mol. The zero-order valence-electron chi connectivity index (χ0n) is 20.2. The van der Waals surface area contributed by atoms with Crippen molar-refractivity contribution in [2.24, 2.45) is 5.41 Å². The Hall–Kier alpha value is -4.66. The van der Waals surface area contributed by atoms with Crippen molar-refractivity contribution in [2.75, 3.05) is 24.9 Å². The van der Waals surface area contributed by atoms with Crippen LogP contribution in [0.4, 0.5) is 15.8 Å². The zero-order valence-corrected chi connectivity index (χ0v) is 20.2. The van der Waals surface area contributed by atoms with Crippen LogP contribution in [0.3, 0.4) is 0 Å². The first kappa shape index (κ1) is 24.1. The Kier molecular flexibility index (Phi) is 6.35. The number of hydrogen-bond acceptors (Lipinski definition) is 6. The molecule has 37 heavy (non-hydrogen) atoms. The molecule has 3 aromatic carbocycles. The highest BCUT2D eigenvalue weighted by Gasteiger charge is 2.56. The van der Waals surface area contributed by atoms with Crippen LogP contribution in [0.25, 0.3) is 10.9 Å². The Labute approximate surface area is 212 Å². The molecular formula is C28H24FN3O5. The number of nitrogens with one attached hydrogen (secondary N) is 2. The van der Waals surface area contributed by atoms with Crippen molar-refractivity contribution in [3.05, 3.63) is 78.7 Å². The highest BCUT2D eigenvalue weighted by atomic mass is 19.1. The first-order chi connectivity index (χ1) is 17.9. The molecule has 0 unspecified atom stereocenters. The molecule has 1 aliphatic carbocycles. The van der Waals surface area contributed by atoms with Crippen molar-refractivity contribution in [1.82, 2.24) is 4.98 Å². The van der Waals surface area contributed by atoms with Crippen LogP contribution in [0.2, 0.25) is 0 Å². The number of anilines is 2. The first-order valence-electron chi connectivity index (χ1n) is 11.6. The minimum atomic E-state index is -1.20. The number of ether oxygens (including phenoxy) is 3. The number of hydrogen-bond donors (Lipinski definition) is 2. The molecule has 0 spiro atoms. The minimum absolute atomic E-state index is 0.396. The third kappa shape index (κ3) is 4.75. The molecule has 1 fully saturated rings. The molecule has 0 atom stereocenters. The maximum absolute atomic E-state index is 13.2. The third-order valence-corrected chi connectivity index (χ3v) is 6.28. The summed E-state index contributed by atoms with van der Waals surface area (Å²) >= 11 is 0. The monoisotopic (exact) mass is 501 g/mol. The molecule has 1 heterocycles. The maximum atomic E-state index is 13.2. The largest absolute Gasteiger partial charge is 0.493 e. The predicted octanol–water partition coefficient (Wildman–Crippen LogP) is 5.54. The summed E-state index contributed by atoms with van der Waals surface area (Å²) in [4.78, 5) is 30.5. The summed E-state index contributed by atoms with van der Waals surface area (Å²) in [6, 6.07) is 17.6. The zero-order chi connectivity index (χ0) is 26.0. The fourth-order valence-corrected chi connectivity index (χ4v) is 4.02. The molecule has 4 aromatic rings. The average molecular weight is 502 g/mol. The van der Waals surface area contributed by atoms with Crippen LogP contribution < -0.4 is 24.8 Å². The van der Waals surface area contributed by atoms with Gasteiger partial charge in [-0.15, -0.1) is 0 Å². The Balaban J connectivity index is 1.38. The van der Waals surface area contributed by atoms with Gasteiger partial charge in [0.15, 0.2) is 17.2 Å². The summed E-state index contributed by atoms with van der Waals surface area (Å²) < 4.78 is 30.2. The van der Waals surface area contributed by atoms with Crippen molar-refractivity contribution in [1.29, 1.82) is 0 Å². The van der Waals surface area contributed by atoms with Crippen LogP contribution in [-0.4, -0.2) is 31.0 Å². The molecule has 9 heteroatoms. The van der Waals surface area contributed by atoms with Crippen LogP contribution >= 0.6 is 0 Å². The molecular weight excluding hydrogens is 477 g/mol. The molecule has 0 bridgehead atoms. The van der Waals surface area contributed by atoms with Gasteiger partial charge in [0, 0.05) is 23.3 Å². The Morgan fingerprint density at radius 3 is 2.22 bits per heavy atom. The summed E-state index contributed by atoms with van der Waals surface area (Å²) in [5.41, 5.74) is 0.283. The lowest BCUT2D eigenvalue weighted by atomic mass is 10.0. The van der Waals surface area contributed by atoms with Gasteiger partial charge in [-0.25, -0.2) is 4.39 Å². The third-order valence-electron chi connectivity index (χ3n) is 6.28. The summed E-state index contributed by atoms with van der Waals surface area (Å²) in [5, 5.41) is 6.25. The molecule has 2 amide bonds. The molecule has 1 saturated carbocycles. The van der Waals surface area contributed by atoms with Gasteiger partial charge in [-0.3, -0.25) is 14.6 Å². The lowest BCUT2D eigenvalue weighted by molar-refractivity contribution is -0.131. The average Bonchev–Trinajstić information content (AvgIpc) is 3.73. The van der Waals surface area contributed by atoms with Crippen molar-refractivity contribution >= 4 is 34.1 Å². The number of rotatable bonds is 8. The quantitative estimate of drug-likeness (QED) is 0.308. The smallest absolute Gasteiger partial charge is 0.240 e. The van der Waals surface area contributed by atoms with Crippen LogP contribution in [0.1, 0.15) is 12.8 Å². The van der Waals surface area contributed by atoms with Crippen LogP contribution in [0, 0.1) is 11.2 Å². The van der Waals surface area contributed by atoms with E-state index in [2.05, 4.69) is 15.6 Å². The van der Waals surface area contributed by atoms with E-state index in [9.17, 15) is 14.0 Å². The van der Waals surface area contributed by atoms with Crippen molar-refractivity contribution in [3.8, 4) is 23.0 Å². The Bertz CT molecular complexity index is 1490. The van der Waals surface area contributed by atoms with Gasteiger partial charge in [-0.05, 0) is 61.4 Å². The van der Waals surface area contributed by atoms with Gasteiger partial charge < -0.3 is 24.8 Å². The number of halogens is 1. The number of nitrogens with zero attached hydrogens (tertiary/aromatic N) is 1. The SMILES string of the molecule is COc1cc2nccc(Oc3ccccc3NC(=O)C3(C(=O)Nc4ccc(F)cc4)CC3)c2cc1OC. The van der Waals surface area contributed by atoms with E-state index in [1.807, 2.05) is 0 Å². The van der Waals surface area contributed by atoms with Gasteiger partial charge in [-0.2, -0.15) is 0 Å². The van der Waals surface area contributed by atoms with Gasteiger partial charge in [0.25, 0.3) is 0 Å². The van der Waals surface area contributed by atoms with Gasteiger partial charge in [-0.1, -0.05) is 12.1 Å².